The summed E-state index contributed by atoms with van der Waals surface area (Å²) >= 11 is 0. The van der Waals surface area contributed by atoms with Crippen LogP contribution in [0.2, 0.25) is 0 Å². The topological polar surface area (TPSA) is 114 Å². The number of phenolic OH excluding ortho intramolecular Hbond substituents is 2. The first kappa shape index (κ1) is 26.1. The maximum Gasteiger partial charge on any atom is 0.319 e. The van der Waals surface area contributed by atoms with Gasteiger partial charge in [0, 0.05) is 42.6 Å². The molecule has 3 atom stereocenters. The number of phenols is 2. The summed E-state index contributed by atoms with van der Waals surface area (Å²) in [6, 6.07) is -0.191. The van der Waals surface area contributed by atoms with Crippen LogP contribution >= 0.6 is 0 Å². The van der Waals surface area contributed by atoms with Crippen LogP contribution in [0.15, 0.2) is 0 Å². The van der Waals surface area contributed by atoms with Crippen LogP contribution in [0.25, 0.3) is 0 Å². The summed E-state index contributed by atoms with van der Waals surface area (Å²) in [5.41, 5.74) is 6.76. The molecule has 8 heteroatoms. The van der Waals surface area contributed by atoms with Crippen molar-refractivity contribution in [2.75, 3.05) is 33.9 Å². The highest BCUT2D eigenvalue weighted by atomic mass is 16.5. The zero-order valence-electron chi connectivity index (χ0n) is 20.3. The van der Waals surface area contributed by atoms with Gasteiger partial charge in [-0.15, -0.1) is 0 Å². The minimum atomic E-state index is -0.424. The molecular weight excluding hydrogens is 412 g/mol. The summed E-state index contributed by atoms with van der Waals surface area (Å²) in [5, 5.41) is 21.7. The van der Waals surface area contributed by atoms with Crippen LogP contribution in [0.4, 0.5) is 0 Å². The number of carbonyl (C=O) groups excluding carboxylic acids is 1. The second-order valence-corrected chi connectivity index (χ2v) is 8.98. The van der Waals surface area contributed by atoms with Crippen LogP contribution in [0, 0.1) is 11.8 Å². The van der Waals surface area contributed by atoms with Crippen molar-refractivity contribution in [3.63, 3.8) is 0 Å². The molecule has 2 aliphatic rings. The van der Waals surface area contributed by atoms with Crippen molar-refractivity contribution >= 4 is 5.97 Å². The normalized spacial score (nSPS) is 22.3. The van der Waals surface area contributed by atoms with Gasteiger partial charge in [0.25, 0.3) is 0 Å². The number of methoxy groups -OCH3 is 2. The molecule has 8 nitrogen and oxygen atoms in total. The molecule has 0 bridgehead atoms. The Hall–Kier alpha value is -2.19. The molecule has 32 heavy (non-hydrogen) atoms. The van der Waals surface area contributed by atoms with Crippen molar-refractivity contribution in [3.05, 3.63) is 11.1 Å². The Kier molecular flexibility index (Phi) is 9.46. The summed E-state index contributed by atoms with van der Waals surface area (Å²) in [7, 11) is 2.85. The van der Waals surface area contributed by atoms with Crippen molar-refractivity contribution < 1.29 is 29.2 Å². The van der Waals surface area contributed by atoms with Crippen molar-refractivity contribution in [2.24, 2.45) is 17.6 Å². The number of esters is 1. The quantitative estimate of drug-likeness (QED) is 0.445. The van der Waals surface area contributed by atoms with Crippen LogP contribution in [0.3, 0.4) is 0 Å². The molecule has 0 amide bonds. The summed E-state index contributed by atoms with van der Waals surface area (Å²) < 4.78 is 16.3. The maximum atomic E-state index is 11.9. The Morgan fingerprint density at radius 1 is 1.16 bits per heavy atom. The molecule has 0 saturated carbocycles. The lowest BCUT2D eigenvalue weighted by Gasteiger charge is -2.47. The Morgan fingerprint density at radius 3 is 2.28 bits per heavy atom. The monoisotopic (exact) mass is 452 g/mol. The fraction of sp³-hybridized carbons (Fsp3) is 0.708. The molecule has 0 radical (unpaired) electrons. The van der Waals surface area contributed by atoms with Crippen LogP contribution in [0.1, 0.15) is 64.1 Å². The molecule has 2 heterocycles. The largest absolute Gasteiger partial charge is 0.504 e. The number of rotatable bonds is 6. The molecule has 0 aliphatic carbocycles. The smallest absolute Gasteiger partial charge is 0.319 e. The highest BCUT2D eigenvalue weighted by Crippen LogP contribution is 2.54. The zero-order valence-corrected chi connectivity index (χ0v) is 20.3. The van der Waals surface area contributed by atoms with E-state index in [1.807, 2.05) is 0 Å². The van der Waals surface area contributed by atoms with E-state index in [1.54, 1.807) is 0 Å². The number of hydrogen-bond acceptors (Lipinski definition) is 8. The predicted molar refractivity (Wildman–Crippen MR) is 123 cm³/mol. The van der Waals surface area contributed by atoms with E-state index in [-0.39, 0.29) is 47.6 Å². The van der Waals surface area contributed by atoms with Gasteiger partial charge in [-0.25, -0.2) is 0 Å². The molecule has 1 fully saturated rings. The molecule has 0 aromatic heterocycles. The van der Waals surface area contributed by atoms with Crippen LogP contribution < -0.4 is 15.2 Å². The van der Waals surface area contributed by atoms with Gasteiger partial charge in [-0.2, -0.15) is 0 Å². The zero-order chi connectivity index (χ0) is 24.0. The van der Waals surface area contributed by atoms with Gasteiger partial charge in [0.2, 0.25) is 11.5 Å². The first-order valence-corrected chi connectivity index (χ1v) is 11.6. The van der Waals surface area contributed by atoms with E-state index in [9.17, 15) is 15.0 Å². The third-order valence-electron chi connectivity index (χ3n) is 6.01. The number of hydrogen-bond donors (Lipinski definition) is 3. The highest BCUT2D eigenvalue weighted by molar-refractivity contribution is 5.71. The number of nitrogens with zero attached hydrogens (tertiary/aromatic N) is 1. The summed E-state index contributed by atoms with van der Waals surface area (Å²) in [5.74, 6) is 0.457. The molecule has 4 N–H and O–H groups in total. The van der Waals surface area contributed by atoms with Gasteiger partial charge in [0.1, 0.15) is 6.10 Å². The number of piperidine rings is 1. The lowest BCUT2D eigenvalue weighted by molar-refractivity contribution is -0.155. The van der Waals surface area contributed by atoms with Gasteiger partial charge in [-0.1, -0.05) is 34.1 Å². The van der Waals surface area contributed by atoms with E-state index in [2.05, 4.69) is 32.6 Å². The second-order valence-electron chi connectivity index (χ2n) is 8.98. The third kappa shape index (κ3) is 5.41. The van der Waals surface area contributed by atoms with Gasteiger partial charge >= 0.3 is 5.97 Å². The number of aromatic hydroxyl groups is 2. The van der Waals surface area contributed by atoms with Gasteiger partial charge in [-0.05, 0) is 18.8 Å². The molecule has 3 rings (SSSR count). The van der Waals surface area contributed by atoms with E-state index in [4.69, 9.17) is 19.9 Å². The fourth-order valence-electron chi connectivity index (χ4n) is 4.84. The standard InChI is InChI=1S/C21H32N2O6.C3H8/c1-11(2)7-12-10-23-6-5-13-17(14(23)8-15(12)29-16(24)9-22)19(26)21(28-4)20(27-3)18(13)25;1-3-2/h11-12,14-15,25-26H,5-10,22H2,1-4H3;3H2,1-2H3. The average molecular weight is 453 g/mol. The molecule has 1 aromatic carbocycles. The molecule has 182 valence electrons. The number of carbonyl (C=O) groups is 1. The van der Waals surface area contributed by atoms with E-state index in [1.165, 1.54) is 20.6 Å². The Bertz CT molecular complexity index is 782. The van der Waals surface area contributed by atoms with Gasteiger partial charge in [0.05, 0.1) is 20.8 Å². The Labute approximate surface area is 191 Å². The molecule has 2 aliphatic heterocycles. The maximum absolute atomic E-state index is 11.9. The number of fused-ring (bicyclic) bond motifs is 3. The number of nitrogens with two attached hydrogens (primary N) is 1. The Morgan fingerprint density at radius 2 is 1.75 bits per heavy atom. The first-order valence-electron chi connectivity index (χ1n) is 11.6. The number of benzene rings is 1. The fourth-order valence-corrected chi connectivity index (χ4v) is 4.84. The van der Waals surface area contributed by atoms with Crippen molar-refractivity contribution in [1.29, 1.82) is 0 Å². The van der Waals surface area contributed by atoms with Crippen molar-refractivity contribution in [3.8, 4) is 23.0 Å². The minimum Gasteiger partial charge on any atom is -0.504 e. The molecule has 1 aromatic rings. The average Bonchev–Trinajstić information content (AvgIpc) is 2.75. The summed E-state index contributed by atoms with van der Waals surface area (Å²) in [6.45, 7) is 9.89. The predicted octanol–water partition coefficient (Wildman–Crippen LogP) is 3.37. The van der Waals surface area contributed by atoms with Crippen LogP contribution in [-0.4, -0.2) is 61.0 Å². The van der Waals surface area contributed by atoms with E-state index < -0.39 is 5.97 Å². The first-order chi connectivity index (χ1) is 15.2. The summed E-state index contributed by atoms with van der Waals surface area (Å²) in [4.78, 5) is 14.2. The van der Waals surface area contributed by atoms with Crippen molar-refractivity contribution in [1.82, 2.24) is 4.90 Å². The van der Waals surface area contributed by atoms with Crippen LogP contribution in [-0.2, 0) is 16.0 Å². The number of ether oxygens (including phenoxy) is 3. The van der Waals surface area contributed by atoms with E-state index in [0.29, 0.717) is 29.9 Å². The molecule has 0 spiro atoms. The van der Waals surface area contributed by atoms with Gasteiger partial charge < -0.3 is 30.2 Å². The molecule has 3 unspecified atom stereocenters. The van der Waals surface area contributed by atoms with Gasteiger partial charge in [0.15, 0.2) is 11.5 Å². The summed E-state index contributed by atoms with van der Waals surface area (Å²) in [6.07, 6.45) is 3.00. The van der Waals surface area contributed by atoms with E-state index >= 15 is 0 Å². The van der Waals surface area contributed by atoms with Crippen LogP contribution in [0.5, 0.6) is 23.0 Å². The van der Waals surface area contributed by atoms with Gasteiger partial charge in [-0.3, -0.25) is 9.69 Å². The second kappa shape index (κ2) is 11.6. The lowest BCUT2D eigenvalue weighted by Crippen LogP contribution is -2.49. The van der Waals surface area contributed by atoms with E-state index in [0.717, 1.165) is 19.5 Å². The molecular formula is C24H40N2O6. The lowest BCUT2D eigenvalue weighted by atomic mass is 9.78. The minimum absolute atomic E-state index is 0.00314. The van der Waals surface area contributed by atoms with Crippen molar-refractivity contribution in [2.45, 2.75) is 65.5 Å². The Balaban J connectivity index is 0.00000114. The molecule has 1 saturated heterocycles. The SMILES string of the molecule is CCC.COc1c(O)c2c(c(O)c1OC)C1CC(OC(=O)CN)C(CC(C)C)CN1CC2. The third-order valence-corrected chi connectivity index (χ3v) is 6.01. The highest BCUT2D eigenvalue weighted by Gasteiger charge is 2.44.